The van der Waals surface area contributed by atoms with E-state index in [1.54, 1.807) is 48.5 Å². The van der Waals surface area contributed by atoms with E-state index in [9.17, 15) is 14.4 Å². The molecule has 1 heterocycles. The second kappa shape index (κ2) is 7.11. The molecule has 6 heteroatoms. The van der Waals surface area contributed by atoms with E-state index >= 15 is 0 Å². The third-order valence-corrected chi connectivity index (χ3v) is 5.94. The maximum Gasteiger partial charge on any atom is 0.266 e. The number of carbonyl (C=O) groups is 3. The Kier molecular flexibility index (Phi) is 4.40. The van der Waals surface area contributed by atoms with Crippen LogP contribution < -0.4 is 10.2 Å². The van der Waals surface area contributed by atoms with Gasteiger partial charge in [-0.15, -0.1) is 0 Å². The Morgan fingerprint density at radius 2 is 1.57 bits per heavy atom. The van der Waals surface area contributed by atoms with Crippen LogP contribution in [0, 0.1) is 5.92 Å². The largest absolute Gasteiger partial charge is 0.326 e. The number of anilines is 2. The molecule has 1 aliphatic carbocycles. The maximum absolute atomic E-state index is 12.7. The van der Waals surface area contributed by atoms with Crippen molar-refractivity contribution in [3.63, 3.8) is 0 Å². The first-order valence-corrected chi connectivity index (χ1v) is 10.1. The molecule has 1 aliphatic heterocycles. The number of hydrogen-bond donors (Lipinski definition) is 1. The zero-order valence-corrected chi connectivity index (χ0v) is 16.6. The number of halogens is 1. The van der Waals surface area contributed by atoms with Gasteiger partial charge in [-0.05, 0) is 54.3 Å². The Labute approximate surface area is 178 Å². The van der Waals surface area contributed by atoms with E-state index in [0.29, 0.717) is 27.5 Å². The fourth-order valence-electron chi connectivity index (χ4n) is 3.99. The second-order valence-corrected chi connectivity index (χ2v) is 7.91. The zero-order valence-electron chi connectivity index (χ0n) is 15.8. The number of hydrogen-bond acceptors (Lipinski definition) is 3. The van der Waals surface area contributed by atoms with Crippen LogP contribution in [0.1, 0.15) is 38.6 Å². The first-order valence-electron chi connectivity index (χ1n) is 9.68. The van der Waals surface area contributed by atoms with Gasteiger partial charge in [-0.3, -0.25) is 14.4 Å². The zero-order chi connectivity index (χ0) is 20.8. The SMILES string of the molecule is O=C(Nc1cccc(N2C(=O)c3ccccc3C2=O)c1)C1CC1c1ccccc1Cl. The van der Waals surface area contributed by atoms with E-state index in [0.717, 1.165) is 16.9 Å². The highest BCUT2D eigenvalue weighted by Gasteiger charge is 2.45. The molecular formula is C24H17ClN2O3. The summed E-state index contributed by atoms with van der Waals surface area (Å²) in [4.78, 5) is 39.2. The fourth-order valence-corrected chi connectivity index (χ4v) is 4.26. The Bertz CT molecular complexity index is 1170. The summed E-state index contributed by atoms with van der Waals surface area (Å²) < 4.78 is 0. The smallest absolute Gasteiger partial charge is 0.266 e. The molecule has 5 rings (SSSR count). The van der Waals surface area contributed by atoms with Gasteiger partial charge in [0.1, 0.15) is 0 Å². The molecule has 5 nitrogen and oxygen atoms in total. The predicted molar refractivity (Wildman–Crippen MR) is 115 cm³/mol. The number of nitrogens with one attached hydrogen (secondary N) is 1. The van der Waals surface area contributed by atoms with Crippen LogP contribution in [-0.4, -0.2) is 17.7 Å². The Morgan fingerprint density at radius 3 is 2.27 bits per heavy atom. The molecule has 3 amide bonds. The van der Waals surface area contributed by atoms with E-state index < -0.39 is 0 Å². The van der Waals surface area contributed by atoms with E-state index in [2.05, 4.69) is 5.32 Å². The lowest BCUT2D eigenvalue weighted by Gasteiger charge is -2.15. The lowest BCUT2D eigenvalue weighted by atomic mass is 10.1. The third-order valence-electron chi connectivity index (χ3n) is 5.60. The molecule has 3 aromatic carbocycles. The van der Waals surface area contributed by atoms with Crippen molar-refractivity contribution in [2.45, 2.75) is 12.3 Å². The molecule has 2 aliphatic rings. The van der Waals surface area contributed by atoms with Crippen molar-refractivity contribution in [1.29, 1.82) is 0 Å². The third kappa shape index (κ3) is 3.08. The minimum Gasteiger partial charge on any atom is -0.326 e. The highest BCUT2D eigenvalue weighted by atomic mass is 35.5. The number of amides is 3. The molecule has 30 heavy (non-hydrogen) atoms. The summed E-state index contributed by atoms with van der Waals surface area (Å²) >= 11 is 6.25. The van der Waals surface area contributed by atoms with Crippen LogP contribution in [0.3, 0.4) is 0 Å². The van der Waals surface area contributed by atoms with Gasteiger partial charge in [0.25, 0.3) is 11.8 Å². The standard InChI is InChI=1S/C24H17ClN2O3/c25-21-11-4-3-8-16(21)19-13-20(19)22(28)26-14-6-5-7-15(12-14)27-23(29)17-9-1-2-10-18(17)24(27)30/h1-12,19-20H,13H2,(H,26,28). The van der Waals surface area contributed by atoms with E-state index in [1.165, 1.54) is 0 Å². The number of nitrogens with zero attached hydrogens (tertiary/aromatic N) is 1. The van der Waals surface area contributed by atoms with Gasteiger partial charge in [-0.1, -0.05) is 48.0 Å². The van der Waals surface area contributed by atoms with Gasteiger partial charge in [0.05, 0.1) is 16.8 Å². The van der Waals surface area contributed by atoms with Crippen molar-refractivity contribution >= 4 is 40.7 Å². The first-order chi connectivity index (χ1) is 14.5. The lowest BCUT2D eigenvalue weighted by molar-refractivity contribution is -0.117. The number of rotatable bonds is 4. The van der Waals surface area contributed by atoms with E-state index in [-0.39, 0.29) is 29.6 Å². The van der Waals surface area contributed by atoms with E-state index in [1.807, 2.05) is 24.3 Å². The van der Waals surface area contributed by atoms with Crippen LogP contribution in [-0.2, 0) is 4.79 Å². The average Bonchev–Trinajstić information content (AvgIpc) is 3.50. The summed E-state index contributed by atoms with van der Waals surface area (Å²) in [5.74, 6) is -0.856. The average molecular weight is 417 g/mol. The summed E-state index contributed by atoms with van der Waals surface area (Å²) in [6.45, 7) is 0. The summed E-state index contributed by atoms with van der Waals surface area (Å²) in [6, 6.07) is 21.1. The van der Waals surface area contributed by atoms with Crippen LogP contribution in [0.4, 0.5) is 11.4 Å². The van der Waals surface area contributed by atoms with E-state index in [4.69, 9.17) is 11.6 Å². The molecule has 3 aromatic rings. The normalized spacial score (nSPS) is 19.6. The quantitative estimate of drug-likeness (QED) is 0.616. The fraction of sp³-hybridized carbons (Fsp3) is 0.125. The number of fused-ring (bicyclic) bond motifs is 1. The van der Waals surface area contributed by atoms with Crippen molar-refractivity contribution in [2.24, 2.45) is 5.92 Å². The minimum atomic E-state index is -0.361. The van der Waals surface area contributed by atoms with Gasteiger partial charge < -0.3 is 5.32 Å². The van der Waals surface area contributed by atoms with Crippen LogP contribution in [0.2, 0.25) is 5.02 Å². The second-order valence-electron chi connectivity index (χ2n) is 7.50. The summed E-state index contributed by atoms with van der Waals surface area (Å²) in [7, 11) is 0. The molecule has 0 spiro atoms. The topological polar surface area (TPSA) is 66.5 Å². The summed E-state index contributed by atoms with van der Waals surface area (Å²) in [6.07, 6.45) is 0.744. The van der Waals surface area contributed by atoms with Crippen LogP contribution >= 0.6 is 11.6 Å². The maximum atomic E-state index is 12.7. The first kappa shape index (κ1) is 18.6. The molecule has 0 aromatic heterocycles. The highest BCUT2D eigenvalue weighted by Crippen LogP contribution is 2.50. The molecule has 1 saturated carbocycles. The Balaban J connectivity index is 1.33. The molecule has 2 atom stereocenters. The monoisotopic (exact) mass is 416 g/mol. The lowest BCUT2D eigenvalue weighted by Crippen LogP contribution is -2.29. The van der Waals surface area contributed by atoms with Crippen LogP contribution in [0.25, 0.3) is 0 Å². The van der Waals surface area contributed by atoms with Crippen LogP contribution in [0.15, 0.2) is 72.8 Å². The predicted octanol–water partition coefficient (Wildman–Crippen LogP) is 4.88. The Morgan fingerprint density at radius 1 is 0.900 bits per heavy atom. The number of benzene rings is 3. The van der Waals surface area contributed by atoms with Crippen molar-refractivity contribution in [3.05, 3.63) is 94.5 Å². The van der Waals surface area contributed by atoms with Crippen molar-refractivity contribution < 1.29 is 14.4 Å². The number of imide groups is 1. The molecule has 1 N–H and O–H groups in total. The summed E-state index contributed by atoms with van der Waals surface area (Å²) in [5.41, 5.74) is 2.73. The van der Waals surface area contributed by atoms with Crippen molar-refractivity contribution in [1.82, 2.24) is 0 Å². The van der Waals surface area contributed by atoms with Gasteiger partial charge in [-0.2, -0.15) is 0 Å². The number of carbonyl (C=O) groups excluding carboxylic acids is 3. The van der Waals surface area contributed by atoms with Crippen molar-refractivity contribution in [2.75, 3.05) is 10.2 Å². The van der Waals surface area contributed by atoms with Gasteiger partial charge in [-0.25, -0.2) is 4.90 Å². The minimum absolute atomic E-state index is 0.0977. The van der Waals surface area contributed by atoms with Gasteiger partial charge in [0.15, 0.2) is 0 Å². The molecule has 0 bridgehead atoms. The molecule has 0 saturated heterocycles. The van der Waals surface area contributed by atoms with Crippen molar-refractivity contribution in [3.8, 4) is 0 Å². The molecule has 1 fully saturated rings. The molecule has 0 radical (unpaired) electrons. The highest BCUT2D eigenvalue weighted by molar-refractivity contribution is 6.34. The molecule has 2 unspecified atom stereocenters. The molecular weight excluding hydrogens is 400 g/mol. The Hall–Kier alpha value is -3.44. The van der Waals surface area contributed by atoms with Crippen LogP contribution in [0.5, 0.6) is 0 Å². The van der Waals surface area contributed by atoms with Gasteiger partial charge in [0, 0.05) is 16.6 Å². The molecule has 148 valence electrons. The van der Waals surface area contributed by atoms with Gasteiger partial charge >= 0.3 is 0 Å². The van der Waals surface area contributed by atoms with Gasteiger partial charge in [0.2, 0.25) is 5.91 Å². The summed E-state index contributed by atoms with van der Waals surface area (Å²) in [5, 5.41) is 3.58.